The highest BCUT2D eigenvalue weighted by Gasteiger charge is 2.36. The number of anilines is 1. The van der Waals surface area contributed by atoms with Crippen LogP contribution in [-0.4, -0.2) is 52.4 Å². The molecule has 2 N–H and O–H groups in total. The van der Waals surface area contributed by atoms with Gasteiger partial charge < -0.3 is 15.5 Å². The van der Waals surface area contributed by atoms with Gasteiger partial charge in [-0.1, -0.05) is 12.1 Å². The van der Waals surface area contributed by atoms with E-state index in [1.165, 1.54) is 12.3 Å². The Hall–Kier alpha value is -2.68. The first kappa shape index (κ1) is 22.5. The molecule has 2 saturated heterocycles. The summed E-state index contributed by atoms with van der Waals surface area (Å²) in [6.07, 6.45) is 1.14. The highest BCUT2D eigenvalue weighted by Crippen LogP contribution is 2.39. The van der Waals surface area contributed by atoms with Crippen LogP contribution in [0.15, 0.2) is 30.5 Å². The van der Waals surface area contributed by atoms with E-state index >= 15 is 0 Å². The van der Waals surface area contributed by atoms with Gasteiger partial charge in [0.1, 0.15) is 0 Å². The van der Waals surface area contributed by atoms with Crippen molar-refractivity contribution in [3.63, 3.8) is 0 Å². The number of aromatic nitrogens is 2. The van der Waals surface area contributed by atoms with Crippen LogP contribution in [0.3, 0.4) is 0 Å². The predicted molar refractivity (Wildman–Crippen MR) is 115 cm³/mol. The van der Waals surface area contributed by atoms with Crippen LogP contribution >= 0.6 is 0 Å². The Morgan fingerprint density at radius 1 is 1.12 bits per heavy atom. The van der Waals surface area contributed by atoms with Crippen molar-refractivity contribution in [3.05, 3.63) is 41.7 Å². The first-order chi connectivity index (χ1) is 15.2. The Morgan fingerprint density at radius 3 is 2.59 bits per heavy atom. The van der Waals surface area contributed by atoms with Gasteiger partial charge in [-0.3, -0.25) is 4.79 Å². The summed E-state index contributed by atoms with van der Waals surface area (Å²) in [5.74, 6) is 0.117. The van der Waals surface area contributed by atoms with E-state index in [1.54, 1.807) is 6.07 Å². The summed E-state index contributed by atoms with van der Waals surface area (Å²) in [4.78, 5) is 26.0. The lowest BCUT2D eigenvalue weighted by Gasteiger charge is -2.39. The normalized spacial score (nSPS) is 21.0. The molecule has 0 radical (unpaired) electrons. The first-order valence-electron chi connectivity index (χ1n) is 11.0. The smallest absolute Gasteiger partial charge is 0.368 e. The lowest BCUT2D eigenvalue weighted by atomic mass is 9.90. The van der Waals surface area contributed by atoms with Crippen LogP contribution in [-0.2, 0) is 11.0 Å². The summed E-state index contributed by atoms with van der Waals surface area (Å²) >= 11 is 0. The molecule has 0 spiro atoms. The molecule has 2 aliphatic rings. The molecule has 32 heavy (non-hydrogen) atoms. The molecular formula is C23H28F3N5O. The zero-order chi connectivity index (χ0) is 22.9. The van der Waals surface area contributed by atoms with E-state index < -0.39 is 11.7 Å². The number of carbonyl (C=O) groups excluding carboxylic acids is 1. The Labute approximate surface area is 185 Å². The van der Waals surface area contributed by atoms with Crippen molar-refractivity contribution in [1.82, 2.24) is 19.8 Å². The molecule has 2 aromatic rings. The third-order valence-corrected chi connectivity index (χ3v) is 6.51. The zero-order valence-corrected chi connectivity index (χ0v) is 18.1. The lowest BCUT2D eigenvalue weighted by Crippen LogP contribution is -2.45. The number of rotatable bonds is 3. The molecule has 1 unspecified atom stereocenters. The number of benzene rings is 1. The van der Waals surface area contributed by atoms with Gasteiger partial charge in [0.05, 0.1) is 17.3 Å². The van der Waals surface area contributed by atoms with E-state index in [4.69, 9.17) is 5.73 Å². The Bertz CT molecular complexity index is 972. The highest BCUT2D eigenvalue weighted by atomic mass is 19.4. The molecule has 1 aromatic heterocycles. The fraction of sp³-hybridized carbons (Fsp3) is 0.522. The van der Waals surface area contributed by atoms with Crippen LogP contribution in [0.1, 0.15) is 49.4 Å². The summed E-state index contributed by atoms with van der Waals surface area (Å²) in [6, 6.07) is 4.80. The molecule has 1 amide bonds. The molecule has 3 heterocycles. The predicted octanol–water partition coefficient (Wildman–Crippen LogP) is 4.14. The topological polar surface area (TPSA) is 75.4 Å². The first-order valence-corrected chi connectivity index (χ1v) is 11.0. The van der Waals surface area contributed by atoms with Gasteiger partial charge in [-0.05, 0) is 69.9 Å². The quantitative estimate of drug-likeness (QED) is 0.766. The minimum atomic E-state index is -4.45. The largest absolute Gasteiger partial charge is 0.416 e. The fourth-order valence-corrected chi connectivity index (χ4v) is 4.72. The summed E-state index contributed by atoms with van der Waals surface area (Å²) in [5.41, 5.74) is 6.52. The summed E-state index contributed by atoms with van der Waals surface area (Å²) in [7, 11) is 2.05. The van der Waals surface area contributed by atoms with Crippen molar-refractivity contribution in [2.24, 2.45) is 5.92 Å². The van der Waals surface area contributed by atoms with Crippen molar-refractivity contribution < 1.29 is 18.0 Å². The second-order valence-electron chi connectivity index (χ2n) is 8.73. The van der Waals surface area contributed by atoms with Crippen LogP contribution in [0.4, 0.5) is 19.1 Å². The molecule has 9 heteroatoms. The number of amides is 1. The van der Waals surface area contributed by atoms with Gasteiger partial charge in [0.25, 0.3) is 0 Å². The van der Waals surface area contributed by atoms with Crippen LogP contribution in [0.25, 0.3) is 11.1 Å². The summed E-state index contributed by atoms with van der Waals surface area (Å²) in [6.45, 7) is 2.37. The molecule has 0 aliphatic carbocycles. The third-order valence-electron chi connectivity index (χ3n) is 6.51. The molecule has 2 aliphatic heterocycles. The second kappa shape index (κ2) is 9.05. The number of alkyl halides is 3. The highest BCUT2D eigenvalue weighted by molar-refractivity contribution is 5.80. The van der Waals surface area contributed by atoms with E-state index in [0.717, 1.165) is 50.9 Å². The molecular weight excluding hydrogens is 419 g/mol. The molecule has 172 valence electrons. The standard InChI is InChI=1S/C23H28F3N5O/c1-30-11-8-15(9-12-30)21(32)31-10-3-2-7-19(31)20-18(14-28-22(27)29-20)16-5-4-6-17(13-16)23(24,25)26/h4-6,13-15,19H,2-3,7-12H2,1H3,(H2,27,28,29). The summed E-state index contributed by atoms with van der Waals surface area (Å²) < 4.78 is 39.9. The lowest BCUT2D eigenvalue weighted by molar-refractivity contribution is -0.141. The fourth-order valence-electron chi connectivity index (χ4n) is 4.72. The van der Waals surface area contributed by atoms with E-state index in [9.17, 15) is 18.0 Å². The van der Waals surface area contributed by atoms with Crippen LogP contribution in [0.2, 0.25) is 0 Å². The van der Waals surface area contributed by atoms with Crippen LogP contribution < -0.4 is 5.73 Å². The Morgan fingerprint density at radius 2 is 1.88 bits per heavy atom. The number of likely N-dealkylation sites (tertiary alicyclic amines) is 2. The van der Waals surface area contributed by atoms with E-state index in [1.807, 2.05) is 4.90 Å². The average Bonchev–Trinajstić information content (AvgIpc) is 2.78. The van der Waals surface area contributed by atoms with Gasteiger partial charge in [-0.25, -0.2) is 9.97 Å². The maximum Gasteiger partial charge on any atom is 0.416 e. The van der Waals surface area contributed by atoms with Crippen LogP contribution in [0, 0.1) is 5.92 Å². The van der Waals surface area contributed by atoms with Gasteiger partial charge in [0.15, 0.2) is 0 Å². The Balaban J connectivity index is 1.70. The second-order valence-corrected chi connectivity index (χ2v) is 8.73. The SMILES string of the molecule is CN1CCC(C(=O)N2CCCCC2c2nc(N)ncc2-c2cccc(C(F)(F)F)c2)CC1. The van der Waals surface area contributed by atoms with Gasteiger partial charge in [0.2, 0.25) is 11.9 Å². The molecule has 1 aromatic carbocycles. The van der Waals surface area contributed by atoms with Gasteiger partial charge in [0, 0.05) is 24.2 Å². The molecule has 6 nitrogen and oxygen atoms in total. The molecule has 0 saturated carbocycles. The van der Waals surface area contributed by atoms with Crippen molar-refractivity contribution in [1.29, 1.82) is 0 Å². The number of carbonyl (C=O) groups is 1. The van der Waals surface area contributed by atoms with Crippen LogP contribution in [0.5, 0.6) is 0 Å². The number of piperidine rings is 2. The molecule has 4 rings (SSSR count). The number of hydrogen-bond donors (Lipinski definition) is 1. The van der Waals surface area contributed by atoms with E-state index in [-0.39, 0.29) is 23.8 Å². The average molecular weight is 448 g/mol. The maximum atomic E-state index is 13.4. The van der Waals surface area contributed by atoms with E-state index in [2.05, 4.69) is 21.9 Å². The monoisotopic (exact) mass is 447 g/mol. The van der Waals surface area contributed by atoms with Crippen molar-refractivity contribution in [2.45, 2.75) is 44.3 Å². The number of nitrogens with zero attached hydrogens (tertiary/aromatic N) is 4. The number of hydrogen-bond acceptors (Lipinski definition) is 5. The number of nitrogens with two attached hydrogens (primary N) is 1. The van der Waals surface area contributed by atoms with Gasteiger partial charge in [-0.15, -0.1) is 0 Å². The van der Waals surface area contributed by atoms with Crippen molar-refractivity contribution in [2.75, 3.05) is 32.4 Å². The van der Waals surface area contributed by atoms with Gasteiger partial charge >= 0.3 is 6.18 Å². The summed E-state index contributed by atoms with van der Waals surface area (Å²) in [5, 5.41) is 0. The number of nitrogen functional groups attached to an aromatic ring is 1. The number of halogens is 3. The third kappa shape index (κ3) is 4.72. The Kier molecular flexibility index (Phi) is 6.37. The van der Waals surface area contributed by atoms with Crippen molar-refractivity contribution in [3.8, 4) is 11.1 Å². The van der Waals surface area contributed by atoms with Gasteiger partial charge in [-0.2, -0.15) is 13.2 Å². The minimum absolute atomic E-state index is 0.0389. The zero-order valence-electron chi connectivity index (χ0n) is 18.1. The van der Waals surface area contributed by atoms with Crippen molar-refractivity contribution >= 4 is 11.9 Å². The minimum Gasteiger partial charge on any atom is -0.368 e. The van der Waals surface area contributed by atoms with E-state index in [0.29, 0.717) is 29.8 Å². The molecule has 0 bridgehead atoms. The molecule has 2 fully saturated rings. The maximum absolute atomic E-state index is 13.4. The molecule has 1 atom stereocenters.